The van der Waals surface area contributed by atoms with Crippen LogP contribution in [0.3, 0.4) is 0 Å². The predicted octanol–water partition coefficient (Wildman–Crippen LogP) is 0.486. The Morgan fingerprint density at radius 2 is 1.67 bits per heavy atom. The summed E-state index contributed by atoms with van der Waals surface area (Å²) in [6.45, 7) is 5.15. The fourth-order valence-electron chi connectivity index (χ4n) is 0.808. The van der Waals surface area contributed by atoms with E-state index in [2.05, 4.69) is 6.58 Å². The van der Waals surface area contributed by atoms with Crippen molar-refractivity contribution in [2.75, 3.05) is 13.1 Å². The average Bonchev–Trinajstić information content (AvgIpc) is 1.88. The highest BCUT2D eigenvalue weighted by molar-refractivity contribution is 4.78. The first-order valence-electron chi connectivity index (χ1n) is 3.37. The Labute approximate surface area is 56.9 Å². The fourth-order valence-corrected chi connectivity index (χ4v) is 0.808. The minimum atomic E-state index is 0.528. The lowest BCUT2D eigenvalue weighted by Crippen LogP contribution is -2.11. The topological polar surface area (TPSA) is 52.0 Å². The summed E-state index contributed by atoms with van der Waals surface area (Å²) in [5, 5.41) is 0. The van der Waals surface area contributed by atoms with Gasteiger partial charge in [0, 0.05) is 0 Å². The molecule has 0 saturated carbocycles. The summed E-state index contributed by atoms with van der Waals surface area (Å²) in [5.41, 5.74) is 10.7. The highest BCUT2D eigenvalue weighted by Crippen LogP contribution is 2.06. The molecule has 0 fully saturated rings. The monoisotopic (exact) mass is 128 g/mol. The van der Waals surface area contributed by atoms with Crippen LogP contribution < -0.4 is 11.5 Å². The summed E-state index contributed by atoms with van der Waals surface area (Å²) in [7, 11) is 0. The zero-order chi connectivity index (χ0) is 7.11. The SMILES string of the molecule is C=CC(CCN)CCN. The van der Waals surface area contributed by atoms with Crippen LogP contribution >= 0.6 is 0 Å². The molecular weight excluding hydrogens is 112 g/mol. The molecule has 0 rings (SSSR count). The second-order valence-electron chi connectivity index (χ2n) is 2.15. The summed E-state index contributed by atoms with van der Waals surface area (Å²) in [4.78, 5) is 0. The second kappa shape index (κ2) is 5.79. The van der Waals surface area contributed by atoms with Crippen LogP contribution in [0.2, 0.25) is 0 Å². The Morgan fingerprint density at radius 3 is 1.89 bits per heavy atom. The molecule has 0 unspecified atom stereocenters. The standard InChI is InChI=1S/C7H16N2/c1-2-7(3-5-8)4-6-9/h2,7H,1,3-6,8-9H2. The lowest BCUT2D eigenvalue weighted by atomic mass is 10.0. The van der Waals surface area contributed by atoms with Crippen molar-refractivity contribution >= 4 is 0 Å². The predicted molar refractivity (Wildman–Crippen MR) is 41.0 cm³/mol. The summed E-state index contributed by atoms with van der Waals surface area (Å²) >= 11 is 0. The Kier molecular flexibility index (Phi) is 5.57. The van der Waals surface area contributed by atoms with E-state index in [9.17, 15) is 0 Å². The Hall–Kier alpha value is -0.340. The van der Waals surface area contributed by atoms with Crippen molar-refractivity contribution in [3.05, 3.63) is 12.7 Å². The number of allylic oxidation sites excluding steroid dienone is 1. The maximum Gasteiger partial charge on any atom is -0.00717 e. The van der Waals surface area contributed by atoms with Gasteiger partial charge in [0.25, 0.3) is 0 Å². The Morgan fingerprint density at radius 1 is 1.22 bits per heavy atom. The van der Waals surface area contributed by atoms with Crippen LogP contribution in [0.5, 0.6) is 0 Å². The van der Waals surface area contributed by atoms with Crippen molar-refractivity contribution in [3.8, 4) is 0 Å². The maximum absolute atomic E-state index is 5.35. The number of rotatable bonds is 5. The molecule has 2 heteroatoms. The summed E-state index contributed by atoms with van der Waals surface area (Å²) in [5.74, 6) is 0.528. The summed E-state index contributed by atoms with van der Waals surface area (Å²) < 4.78 is 0. The van der Waals surface area contributed by atoms with Gasteiger partial charge in [-0.1, -0.05) is 6.08 Å². The minimum absolute atomic E-state index is 0.528. The minimum Gasteiger partial charge on any atom is -0.330 e. The van der Waals surface area contributed by atoms with Gasteiger partial charge in [-0.15, -0.1) is 6.58 Å². The van der Waals surface area contributed by atoms with E-state index in [1.807, 2.05) is 6.08 Å². The van der Waals surface area contributed by atoms with Gasteiger partial charge in [0.1, 0.15) is 0 Å². The first kappa shape index (κ1) is 8.66. The van der Waals surface area contributed by atoms with E-state index in [1.54, 1.807) is 0 Å². The van der Waals surface area contributed by atoms with Gasteiger partial charge >= 0.3 is 0 Å². The largest absolute Gasteiger partial charge is 0.330 e. The molecule has 0 radical (unpaired) electrons. The van der Waals surface area contributed by atoms with Crippen molar-refractivity contribution in [3.63, 3.8) is 0 Å². The van der Waals surface area contributed by atoms with Gasteiger partial charge in [-0.05, 0) is 31.8 Å². The normalized spacial score (nSPS) is 10.1. The zero-order valence-corrected chi connectivity index (χ0v) is 5.84. The fraction of sp³-hybridized carbons (Fsp3) is 0.714. The van der Waals surface area contributed by atoms with Gasteiger partial charge in [0.05, 0.1) is 0 Å². The van der Waals surface area contributed by atoms with Crippen molar-refractivity contribution in [2.45, 2.75) is 12.8 Å². The van der Waals surface area contributed by atoms with E-state index < -0.39 is 0 Å². The molecule has 54 valence electrons. The van der Waals surface area contributed by atoms with Crippen LogP contribution in [0.25, 0.3) is 0 Å². The molecule has 0 amide bonds. The van der Waals surface area contributed by atoms with Gasteiger partial charge in [0.15, 0.2) is 0 Å². The van der Waals surface area contributed by atoms with Gasteiger partial charge < -0.3 is 11.5 Å². The molecule has 0 aromatic carbocycles. The number of hydrogen-bond acceptors (Lipinski definition) is 2. The van der Waals surface area contributed by atoms with Crippen molar-refractivity contribution in [2.24, 2.45) is 17.4 Å². The quantitative estimate of drug-likeness (QED) is 0.529. The summed E-state index contributed by atoms with van der Waals surface area (Å²) in [6.07, 6.45) is 3.96. The molecule has 2 nitrogen and oxygen atoms in total. The molecule has 0 aromatic heterocycles. The van der Waals surface area contributed by atoms with Gasteiger partial charge in [-0.3, -0.25) is 0 Å². The molecule has 0 atom stereocenters. The smallest absolute Gasteiger partial charge is 0.00717 e. The van der Waals surface area contributed by atoms with Crippen LogP contribution in [0.15, 0.2) is 12.7 Å². The van der Waals surface area contributed by atoms with E-state index in [0.29, 0.717) is 5.92 Å². The molecule has 0 aromatic rings. The molecule has 0 saturated heterocycles. The van der Waals surface area contributed by atoms with Crippen molar-refractivity contribution < 1.29 is 0 Å². The molecule has 0 aliphatic rings. The third kappa shape index (κ3) is 4.18. The number of nitrogens with two attached hydrogens (primary N) is 2. The second-order valence-corrected chi connectivity index (χ2v) is 2.15. The lowest BCUT2D eigenvalue weighted by Gasteiger charge is -2.07. The molecule has 0 spiro atoms. The van der Waals surface area contributed by atoms with E-state index in [1.165, 1.54) is 0 Å². The van der Waals surface area contributed by atoms with Gasteiger partial charge in [-0.25, -0.2) is 0 Å². The Bertz CT molecular complexity index is 65.3. The molecule has 0 aliphatic carbocycles. The molecule has 0 heterocycles. The van der Waals surface area contributed by atoms with E-state index in [-0.39, 0.29) is 0 Å². The molecular formula is C7H16N2. The van der Waals surface area contributed by atoms with E-state index >= 15 is 0 Å². The highest BCUT2D eigenvalue weighted by atomic mass is 14.5. The van der Waals surface area contributed by atoms with Crippen LogP contribution in [-0.2, 0) is 0 Å². The van der Waals surface area contributed by atoms with Crippen LogP contribution in [0.4, 0.5) is 0 Å². The van der Waals surface area contributed by atoms with Crippen LogP contribution in [0.1, 0.15) is 12.8 Å². The molecule has 9 heavy (non-hydrogen) atoms. The number of hydrogen-bond donors (Lipinski definition) is 2. The molecule has 4 N–H and O–H groups in total. The van der Waals surface area contributed by atoms with Crippen LogP contribution in [0, 0.1) is 5.92 Å². The first-order chi connectivity index (χ1) is 4.35. The van der Waals surface area contributed by atoms with E-state index in [4.69, 9.17) is 11.5 Å². The highest BCUT2D eigenvalue weighted by Gasteiger charge is 1.99. The lowest BCUT2D eigenvalue weighted by molar-refractivity contribution is 0.561. The van der Waals surface area contributed by atoms with Crippen molar-refractivity contribution in [1.29, 1.82) is 0 Å². The molecule has 0 aliphatic heterocycles. The van der Waals surface area contributed by atoms with Gasteiger partial charge in [-0.2, -0.15) is 0 Å². The first-order valence-corrected chi connectivity index (χ1v) is 3.37. The summed E-state index contributed by atoms with van der Waals surface area (Å²) in [6, 6.07) is 0. The average molecular weight is 128 g/mol. The molecule has 0 bridgehead atoms. The van der Waals surface area contributed by atoms with Crippen LogP contribution in [-0.4, -0.2) is 13.1 Å². The maximum atomic E-state index is 5.35. The zero-order valence-electron chi connectivity index (χ0n) is 5.84. The van der Waals surface area contributed by atoms with E-state index in [0.717, 1.165) is 25.9 Å². The van der Waals surface area contributed by atoms with Crippen molar-refractivity contribution in [1.82, 2.24) is 0 Å². The third-order valence-electron chi connectivity index (χ3n) is 1.41. The van der Waals surface area contributed by atoms with Gasteiger partial charge in [0.2, 0.25) is 0 Å². The third-order valence-corrected chi connectivity index (χ3v) is 1.41. The Balaban J connectivity index is 3.29.